The fraction of sp³-hybridized carbons (Fsp3) is 0.357. The van der Waals surface area contributed by atoms with Crippen LogP contribution < -0.4 is 10.5 Å². The number of fused-ring (bicyclic) bond motifs is 1. The molecule has 2 aromatic heterocycles. The zero-order valence-corrected chi connectivity index (χ0v) is 12.1. The highest BCUT2D eigenvalue weighted by Gasteiger charge is 2.35. The van der Waals surface area contributed by atoms with Crippen LogP contribution in [0.1, 0.15) is 35.4 Å². The molecule has 3 rings (SSSR count). The molecule has 7 nitrogen and oxygen atoms in total. The number of nitrogens with one attached hydrogen (secondary N) is 1. The third-order valence-electron chi connectivity index (χ3n) is 3.75. The minimum Gasteiger partial charge on any atom is -0.420 e. The van der Waals surface area contributed by atoms with Gasteiger partial charge in [0.25, 0.3) is 0 Å². The van der Waals surface area contributed by atoms with Crippen LogP contribution >= 0.6 is 0 Å². The van der Waals surface area contributed by atoms with E-state index in [1.54, 1.807) is 0 Å². The van der Waals surface area contributed by atoms with Gasteiger partial charge >= 0.3 is 0 Å². The van der Waals surface area contributed by atoms with E-state index in [9.17, 15) is 5.26 Å². The van der Waals surface area contributed by atoms with Crippen molar-refractivity contribution in [2.75, 3.05) is 0 Å². The zero-order chi connectivity index (χ0) is 15.1. The monoisotopic (exact) mass is 284 g/mol. The number of hydrogen-bond donors (Lipinski definition) is 2. The molecular weight excluding hydrogens is 268 g/mol. The highest BCUT2D eigenvalue weighted by atomic mass is 16.5. The Labute approximate surface area is 122 Å². The second kappa shape index (κ2) is 4.66. The van der Waals surface area contributed by atoms with E-state index in [1.165, 1.54) is 0 Å². The molecule has 1 aliphatic heterocycles. The fourth-order valence-electron chi connectivity index (χ4n) is 2.69. The lowest BCUT2D eigenvalue weighted by molar-refractivity contribution is 0.378. The number of aryl methyl sites for hydroxylation is 3. The summed E-state index contributed by atoms with van der Waals surface area (Å²) >= 11 is 0. The molecule has 21 heavy (non-hydrogen) atoms. The zero-order valence-electron chi connectivity index (χ0n) is 12.1. The third kappa shape index (κ3) is 1.88. The van der Waals surface area contributed by atoms with Gasteiger partial charge in [0.1, 0.15) is 11.6 Å². The number of nitriles is 1. The smallest absolute Gasteiger partial charge is 0.244 e. The molecule has 0 unspecified atom stereocenters. The number of hydrogen-bond acceptors (Lipinski definition) is 5. The van der Waals surface area contributed by atoms with Crippen molar-refractivity contribution in [1.29, 1.82) is 5.26 Å². The third-order valence-corrected chi connectivity index (χ3v) is 3.75. The number of aromatic nitrogens is 4. The van der Waals surface area contributed by atoms with Crippen molar-refractivity contribution in [3.8, 4) is 11.9 Å². The van der Waals surface area contributed by atoms with Crippen molar-refractivity contribution in [3.63, 3.8) is 0 Å². The van der Waals surface area contributed by atoms with Crippen LogP contribution in [0.3, 0.4) is 0 Å². The molecule has 0 saturated heterocycles. The molecule has 108 valence electrons. The Balaban J connectivity index is 2.24. The second-order valence-electron chi connectivity index (χ2n) is 5.02. The number of nitrogens with zero attached hydrogens (tertiary/aromatic N) is 4. The number of H-pyrrole nitrogens is 1. The summed E-state index contributed by atoms with van der Waals surface area (Å²) in [6.45, 7) is 6.61. The Bertz CT molecular complexity index is 776. The Morgan fingerprint density at radius 1 is 1.52 bits per heavy atom. The Morgan fingerprint density at radius 2 is 2.29 bits per heavy atom. The molecule has 3 N–H and O–H groups in total. The molecule has 0 aromatic carbocycles. The predicted octanol–water partition coefficient (Wildman–Crippen LogP) is 1.46. The molecule has 0 spiro atoms. The predicted molar refractivity (Wildman–Crippen MR) is 75.3 cm³/mol. The van der Waals surface area contributed by atoms with Crippen molar-refractivity contribution < 1.29 is 4.74 Å². The molecule has 1 atom stereocenters. The maximum absolute atomic E-state index is 9.48. The van der Waals surface area contributed by atoms with Gasteiger partial charge in [0.2, 0.25) is 11.8 Å². The standard InChI is InChI=1S/C14H16N6O/c1-4-20-6-10(7(2)19-20)12-9(5-15)13(16)21-14-11(12)8(3)17-18-14/h6,12H,4,16H2,1-3H3,(H,17,18)/t12-/m1/s1. The molecule has 7 heteroatoms. The number of rotatable bonds is 2. The van der Waals surface area contributed by atoms with E-state index in [0.717, 1.165) is 29.1 Å². The summed E-state index contributed by atoms with van der Waals surface area (Å²) in [5.74, 6) is 0.237. The molecule has 2 aromatic rings. The lowest BCUT2D eigenvalue weighted by Crippen LogP contribution is -2.21. The van der Waals surface area contributed by atoms with E-state index in [-0.39, 0.29) is 11.8 Å². The van der Waals surface area contributed by atoms with Gasteiger partial charge in [-0.3, -0.25) is 9.78 Å². The Kier molecular flexibility index (Phi) is 2.94. The van der Waals surface area contributed by atoms with Crippen LogP contribution in [0.4, 0.5) is 0 Å². The number of allylic oxidation sites excluding steroid dienone is 1. The van der Waals surface area contributed by atoms with Gasteiger partial charge in [0.15, 0.2) is 0 Å². The van der Waals surface area contributed by atoms with Gasteiger partial charge in [-0.1, -0.05) is 0 Å². The van der Waals surface area contributed by atoms with E-state index in [1.807, 2.05) is 31.6 Å². The molecule has 0 radical (unpaired) electrons. The number of ether oxygens (including phenoxy) is 1. The van der Waals surface area contributed by atoms with Crippen LogP contribution in [-0.4, -0.2) is 20.0 Å². The van der Waals surface area contributed by atoms with Crippen molar-refractivity contribution in [2.24, 2.45) is 5.73 Å². The SMILES string of the molecule is CCn1cc([C@H]2C(C#N)=C(N)Oc3n[nH]c(C)c32)c(C)n1. The molecular formula is C14H16N6O. The van der Waals surface area contributed by atoms with Crippen LogP contribution in [0, 0.1) is 25.2 Å². The molecule has 0 bridgehead atoms. The first-order valence-corrected chi connectivity index (χ1v) is 6.73. The molecule has 3 heterocycles. The summed E-state index contributed by atoms with van der Waals surface area (Å²) in [7, 11) is 0. The second-order valence-corrected chi connectivity index (χ2v) is 5.02. The van der Waals surface area contributed by atoms with Crippen molar-refractivity contribution in [1.82, 2.24) is 20.0 Å². The molecule has 0 fully saturated rings. The van der Waals surface area contributed by atoms with Crippen LogP contribution in [0.2, 0.25) is 0 Å². The summed E-state index contributed by atoms with van der Waals surface area (Å²) in [4.78, 5) is 0. The summed E-state index contributed by atoms with van der Waals surface area (Å²) < 4.78 is 7.29. The van der Waals surface area contributed by atoms with Crippen molar-refractivity contribution in [2.45, 2.75) is 33.2 Å². The van der Waals surface area contributed by atoms with E-state index >= 15 is 0 Å². The molecule has 0 saturated carbocycles. The van der Waals surface area contributed by atoms with Crippen molar-refractivity contribution in [3.05, 3.63) is 40.2 Å². The minimum absolute atomic E-state index is 0.102. The summed E-state index contributed by atoms with van der Waals surface area (Å²) in [5.41, 5.74) is 9.81. The van der Waals surface area contributed by atoms with Crippen LogP contribution in [-0.2, 0) is 6.54 Å². The van der Waals surface area contributed by atoms with Gasteiger partial charge < -0.3 is 10.5 Å². The van der Waals surface area contributed by atoms with E-state index in [4.69, 9.17) is 10.5 Å². The van der Waals surface area contributed by atoms with Gasteiger partial charge in [0, 0.05) is 29.6 Å². The van der Waals surface area contributed by atoms with Crippen molar-refractivity contribution >= 4 is 0 Å². The van der Waals surface area contributed by atoms with Gasteiger partial charge in [-0.25, -0.2) is 0 Å². The van der Waals surface area contributed by atoms with Gasteiger partial charge in [-0.15, -0.1) is 5.10 Å². The van der Waals surface area contributed by atoms with Gasteiger partial charge in [-0.05, 0) is 20.8 Å². The topological polar surface area (TPSA) is 106 Å². The summed E-state index contributed by atoms with van der Waals surface area (Å²) in [5, 5.41) is 20.9. The number of aromatic amines is 1. The van der Waals surface area contributed by atoms with Crippen LogP contribution in [0.25, 0.3) is 0 Å². The lowest BCUT2D eigenvalue weighted by Gasteiger charge is -2.22. The molecule has 0 amide bonds. The van der Waals surface area contributed by atoms with E-state index in [0.29, 0.717) is 11.5 Å². The van der Waals surface area contributed by atoms with E-state index in [2.05, 4.69) is 21.4 Å². The first-order valence-electron chi connectivity index (χ1n) is 6.73. The summed E-state index contributed by atoms with van der Waals surface area (Å²) in [6, 6.07) is 2.17. The average molecular weight is 284 g/mol. The largest absolute Gasteiger partial charge is 0.420 e. The normalized spacial score (nSPS) is 17.3. The molecule has 1 aliphatic rings. The van der Waals surface area contributed by atoms with Crippen LogP contribution in [0.15, 0.2) is 17.7 Å². The van der Waals surface area contributed by atoms with Gasteiger partial charge in [-0.2, -0.15) is 10.4 Å². The number of nitrogens with two attached hydrogens (primary N) is 1. The maximum Gasteiger partial charge on any atom is 0.244 e. The van der Waals surface area contributed by atoms with Gasteiger partial charge in [0.05, 0.1) is 11.6 Å². The lowest BCUT2D eigenvalue weighted by atomic mass is 9.84. The Morgan fingerprint density at radius 3 is 2.90 bits per heavy atom. The Hall–Kier alpha value is -2.75. The minimum atomic E-state index is -0.294. The highest BCUT2D eigenvalue weighted by molar-refractivity contribution is 5.55. The van der Waals surface area contributed by atoms with Crippen LogP contribution in [0.5, 0.6) is 5.88 Å². The average Bonchev–Trinajstić information content (AvgIpc) is 3.01. The highest BCUT2D eigenvalue weighted by Crippen LogP contribution is 2.43. The van der Waals surface area contributed by atoms with E-state index < -0.39 is 0 Å². The summed E-state index contributed by atoms with van der Waals surface area (Å²) in [6.07, 6.45) is 1.95. The quantitative estimate of drug-likeness (QED) is 0.868. The first-order chi connectivity index (χ1) is 10.1. The first kappa shape index (κ1) is 13.2. The fourth-order valence-corrected chi connectivity index (χ4v) is 2.69. The maximum atomic E-state index is 9.48. The molecule has 0 aliphatic carbocycles.